The fourth-order valence-electron chi connectivity index (χ4n) is 5.38. The van der Waals surface area contributed by atoms with Gasteiger partial charge in [0.25, 0.3) is 0 Å². The van der Waals surface area contributed by atoms with Gasteiger partial charge in [-0.05, 0) is 73.1 Å². The summed E-state index contributed by atoms with van der Waals surface area (Å²) in [5.41, 5.74) is 0.411. The number of ether oxygens (including phenoxy) is 1. The molecule has 108 valence electrons. The van der Waals surface area contributed by atoms with Crippen molar-refractivity contribution >= 4 is 15.9 Å². The van der Waals surface area contributed by atoms with Gasteiger partial charge in [0.15, 0.2) is 0 Å². The molecule has 3 aliphatic carbocycles. The summed E-state index contributed by atoms with van der Waals surface area (Å²) in [7, 11) is 1.68. The SMILES string of the molecule is COc1cc(Br)cc(C2(O)CC3CC2C2CCCC32)c1. The number of hydrogen-bond acceptors (Lipinski definition) is 2. The summed E-state index contributed by atoms with van der Waals surface area (Å²) < 4.78 is 6.36. The van der Waals surface area contributed by atoms with E-state index in [4.69, 9.17) is 4.74 Å². The molecular weight excluding hydrogens is 316 g/mol. The van der Waals surface area contributed by atoms with Crippen molar-refractivity contribution in [2.75, 3.05) is 7.11 Å². The molecule has 0 amide bonds. The van der Waals surface area contributed by atoms with Crippen LogP contribution in [-0.4, -0.2) is 12.2 Å². The monoisotopic (exact) mass is 336 g/mol. The Bertz CT molecular complexity index is 544. The second kappa shape index (κ2) is 4.48. The Morgan fingerprint density at radius 3 is 2.85 bits per heavy atom. The molecule has 3 aliphatic rings. The van der Waals surface area contributed by atoms with E-state index in [-0.39, 0.29) is 0 Å². The second-order valence-electron chi connectivity index (χ2n) is 6.87. The summed E-state index contributed by atoms with van der Waals surface area (Å²) in [5, 5.41) is 11.4. The minimum atomic E-state index is -0.632. The first-order valence-corrected chi connectivity index (χ1v) is 8.48. The molecular formula is C17H21BrO2. The van der Waals surface area contributed by atoms with Crippen LogP contribution in [0.25, 0.3) is 0 Å². The van der Waals surface area contributed by atoms with Gasteiger partial charge < -0.3 is 9.84 Å². The number of aliphatic hydroxyl groups is 1. The first kappa shape index (κ1) is 13.1. The molecule has 5 atom stereocenters. The smallest absolute Gasteiger partial charge is 0.120 e. The fourth-order valence-corrected chi connectivity index (χ4v) is 5.85. The molecule has 0 spiro atoms. The Morgan fingerprint density at radius 1 is 1.25 bits per heavy atom. The highest BCUT2D eigenvalue weighted by Gasteiger charge is 2.60. The summed E-state index contributed by atoms with van der Waals surface area (Å²) in [6.45, 7) is 0. The summed E-state index contributed by atoms with van der Waals surface area (Å²) in [6.07, 6.45) is 6.24. The van der Waals surface area contributed by atoms with Crippen LogP contribution in [0.15, 0.2) is 22.7 Å². The standard InChI is InChI=1S/C17H21BrO2/c1-20-13-7-11(6-12(18)8-13)17(19)9-10-5-16(17)15-4-2-3-14(10)15/h6-8,10,14-16,19H,2-5,9H2,1H3. The van der Waals surface area contributed by atoms with E-state index >= 15 is 0 Å². The highest BCUT2D eigenvalue weighted by Crippen LogP contribution is 2.65. The number of methoxy groups -OCH3 is 1. The molecule has 0 saturated heterocycles. The maximum Gasteiger partial charge on any atom is 0.120 e. The van der Waals surface area contributed by atoms with Gasteiger partial charge in [-0.1, -0.05) is 22.4 Å². The van der Waals surface area contributed by atoms with E-state index in [1.807, 2.05) is 12.1 Å². The first-order chi connectivity index (χ1) is 9.61. The molecule has 0 aliphatic heterocycles. The maximum absolute atomic E-state index is 11.4. The highest BCUT2D eigenvalue weighted by molar-refractivity contribution is 9.10. The molecule has 0 aromatic heterocycles. The summed E-state index contributed by atoms with van der Waals surface area (Å²) in [6, 6.07) is 6.06. The number of halogens is 1. The van der Waals surface area contributed by atoms with Crippen LogP contribution < -0.4 is 4.74 Å². The molecule has 2 bridgehead atoms. The van der Waals surface area contributed by atoms with Crippen molar-refractivity contribution in [3.05, 3.63) is 28.2 Å². The molecule has 2 nitrogen and oxygen atoms in total. The lowest BCUT2D eigenvalue weighted by Gasteiger charge is -2.39. The van der Waals surface area contributed by atoms with E-state index < -0.39 is 5.60 Å². The highest BCUT2D eigenvalue weighted by atomic mass is 79.9. The van der Waals surface area contributed by atoms with Crippen LogP contribution in [0.2, 0.25) is 0 Å². The van der Waals surface area contributed by atoms with Gasteiger partial charge in [-0.2, -0.15) is 0 Å². The minimum Gasteiger partial charge on any atom is -0.497 e. The van der Waals surface area contributed by atoms with Crippen molar-refractivity contribution in [2.45, 2.75) is 37.7 Å². The van der Waals surface area contributed by atoms with E-state index in [9.17, 15) is 5.11 Å². The van der Waals surface area contributed by atoms with Crippen molar-refractivity contribution in [3.8, 4) is 5.75 Å². The van der Waals surface area contributed by atoms with Crippen molar-refractivity contribution in [1.29, 1.82) is 0 Å². The first-order valence-electron chi connectivity index (χ1n) is 7.69. The Labute approximate surface area is 128 Å². The number of hydrogen-bond donors (Lipinski definition) is 1. The molecule has 3 heteroatoms. The van der Waals surface area contributed by atoms with Crippen LogP contribution in [0.5, 0.6) is 5.75 Å². The van der Waals surface area contributed by atoms with Crippen LogP contribution in [0, 0.1) is 23.7 Å². The number of rotatable bonds is 2. The van der Waals surface area contributed by atoms with Crippen LogP contribution in [0.1, 0.15) is 37.7 Å². The van der Waals surface area contributed by atoms with Crippen molar-refractivity contribution in [1.82, 2.24) is 0 Å². The minimum absolute atomic E-state index is 0.457. The molecule has 5 unspecified atom stereocenters. The van der Waals surface area contributed by atoms with E-state index in [1.54, 1.807) is 7.11 Å². The molecule has 1 aromatic carbocycles. The summed E-state index contributed by atoms with van der Waals surface area (Å²) >= 11 is 3.54. The van der Waals surface area contributed by atoms with Crippen molar-refractivity contribution in [2.24, 2.45) is 23.7 Å². The zero-order valence-corrected chi connectivity index (χ0v) is 13.4. The topological polar surface area (TPSA) is 29.5 Å². The van der Waals surface area contributed by atoms with E-state index in [0.29, 0.717) is 5.92 Å². The quantitative estimate of drug-likeness (QED) is 0.880. The Balaban J connectivity index is 1.73. The average molecular weight is 337 g/mol. The lowest BCUT2D eigenvalue weighted by molar-refractivity contribution is -0.0514. The van der Waals surface area contributed by atoms with Crippen molar-refractivity contribution < 1.29 is 9.84 Å². The Hall–Kier alpha value is -0.540. The van der Waals surface area contributed by atoms with Gasteiger partial charge in [-0.15, -0.1) is 0 Å². The molecule has 3 saturated carbocycles. The lowest BCUT2D eigenvalue weighted by Crippen LogP contribution is -2.38. The number of benzene rings is 1. The molecule has 0 heterocycles. The molecule has 1 N–H and O–H groups in total. The van der Waals surface area contributed by atoms with E-state index in [0.717, 1.165) is 40.0 Å². The third-order valence-corrected chi connectivity index (χ3v) is 6.56. The predicted octanol–water partition coefficient (Wildman–Crippen LogP) is 4.10. The molecule has 1 aromatic rings. The molecule has 20 heavy (non-hydrogen) atoms. The molecule has 4 rings (SSSR count). The van der Waals surface area contributed by atoms with Gasteiger partial charge in [0.1, 0.15) is 5.75 Å². The van der Waals surface area contributed by atoms with Crippen LogP contribution >= 0.6 is 15.9 Å². The molecule has 0 radical (unpaired) electrons. The maximum atomic E-state index is 11.4. The van der Waals surface area contributed by atoms with Crippen LogP contribution in [-0.2, 0) is 5.60 Å². The summed E-state index contributed by atoms with van der Waals surface area (Å²) in [5.74, 6) is 3.67. The van der Waals surface area contributed by atoms with Gasteiger partial charge in [-0.3, -0.25) is 0 Å². The van der Waals surface area contributed by atoms with Crippen molar-refractivity contribution in [3.63, 3.8) is 0 Å². The molecule has 3 fully saturated rings. The van der Waals surface area contributed by atoms with Gasteiger partial charge in [0.2, 0.25) is 0 Å². The van der Waals surface area contributed by atoms with Gasteiger partial charge in [-0.25, -0.2) is 0 Å². The average Bonchev–Trinajstić information content (AvgIpc) is 3.08. The Kier molecular flexibility index (Phi) is 2.94. The van der Waals surface area contributed by atoms with Crippen LogP contribution in [0.4, 0.5) is 0 Å². The lowest BCUT2D eigenvalue weighted by atomic mass is 9.70. The summed E-state index contributed by atoms with van der Waals surface area (Å²) in [4.78, 5) is 0. The normalized spacial score (nSPS) is 42.0. The fraction of sp³-hybridized carbons (Fsp3) is 0.647. The predicted molar refractivity (Wildman–Crippen MR) is 81.6 cm³/mol. The van der Waals surface area contributed by atoms with Gasteiger partial charge in [0, 0.05) is 4.47 Å². The van der Waals surface area contributed by atoms with E-state index in [2.05, 4.69) is 22.0 Å². The van der Waals surface area contributed by atoms with E-state index in [1.165, 1.54) is 25.7 Å². The largest absolute Gasteiger partial charge is 0.497 e. The van der Waals surface area contributed by atoms with Gasteiger partial charge in [0.05, 0.1) is 12.7 Å². The van der Waals surface area contributed by atoms with Crippen LogP contribution in [0.3, 0.4) is 0 Å². The third kappa shape index (κ3) is 1.72. The zero-order valence-electron chi connectivity index (χ0n) is 11.8. The zero-order chi connectivity index (χ0) is 13.9. The second-order valence-corrected chi connectivity index (χ2v) is 7.78. The number of fused-ring (bicyclic) bond motifs is 5. The third-order valence-electron chi connectivity index (χ3n) is 6.10. The van der Waals surface area contributed by atoms with Gasteiger partial charge >= 0.3 is 0 Å². The Morgan fingerprint density at radius 2 is 2.05 bits per heavy atom.